The maximum absolute atomic E-state index is 13.3. The van der Waals surface area contributed by atoms with Gasteiger partial charge in [0.2, 0.25) is 0 Å². The molecule has 14 heavy (non-hydrogen) atoms. The smallest absolute Gasteiger partial charge is 0.272 e. The van der Waals surface area contributed by atoms with Gasteiger partial charge in [-0.15, -0.1) is 0 Å². The van der Waals surface area contributed by atoms with Gasteiger partial charge in [0.25, 0.3) is 5.69 Å². The van der Waals surface area contributed by atoms with Crippen molar-refractivity contribution in [2.45, 2.75) is 18.4 Å². The molecule has 1 aliphatic rings. The summed E-state index contributed by atoms with van der Waals surface area (Å²) in [5.41, 5.74) is -1.22. The average molecular weight is 197 g/mol. The molecule has 74 valence electrons. The van der Waals surface area contributed by atoms with Crippen molar-refractivity contribution < 1.29 is 14.4 Å². The number of hydrogen-bond donors (Lipinski definition) is 1. The Kier molecular flexibility index (Phi) is 1.78. The van der Waals surface area contributed by atoms with E-state index >= 15 is 0 Å². The van der Waals surface area contributed by atoms with Gasteiger partial charge in [-0.2, -0.15) is 0 Å². The summed E-state index contributed by atoms with van der Waals surface area (Å²) in [6.07, 6.45) is 1.03. The second kappa shape index (κ2) is 2.75. The lowest BCUT2D eigenvalue weighted by Gasteiger charge is -2.08. The zero-order valence-corrected chi connectivity index (χ0v) is 7.24. The van der Waals surface area contributed by atoms with Crippen LogP contribution >= 0.6 is 0 Å². The minimum atomic E-state index is -1.08. The molecule has 1 aliphatic carbocycles. The molecule has 5 heteroatoms. The molecule has 0 spiro atoms. The van der Waals surface area contributed by atoms with E-state index in [0.29, 0.717) is 12.8 Å². The minimum absolute atomic E-state index is 0.156. The molecule has 1 aromatic rings. The van der Waals surface area contributed by atoms with E-state index in [1.807, 2.05) is 0 Å². The first-order chi connectivity index (χ1) is 6.53. The molecule has 0 saturated heterocycles. The fourth-order valence-electron chi connectivity index (χ4n) is 1.38. The molecule has 0 aromatic heterocycles. The fourth-order valence-corrected chi connectivity index (χ4v) is 1.38. The van der Waals surface area contributed by atoms with Gasteiger partial charge in [-0.1, -0.05) is 0 Å². The summed E-state index contributed by atoms with van der Waals surface area (Å²) in [7, 11) is 0. The first-order valence-electron chi connectivity index (χ1n) is 4.20. The Bertz CT molecular complexity index is 401. The molecule has 0 aliphatic heterocycles. The lowest BCUT2D eigenvalue weighted by atomic mass is 10.1. The van der Waals surface area contributed by atoms with Crippen LogP contribution in [0.2, 0.25) is 0 Å². The molecule has 1 N–H and O–H groups in total. The Balaban J connectivity index is 2.41. The number of nitro benzene ring substituents is 1. The molecule has 0 radical (unpaired) electrons. The molecule has 0 heterocycles. The Morgan fingerprint density at radius 3 is 2.57 bits per heavy atom. The van der Waals surface area contributed by atoms with E-state index in [1.54, 1.807) is 0 Å². The molecule has 2 rings (SSSR count). The zero-order valence-electron chi connectivity index (χ0n) is 7.24. The van der Waals surface area contributed by atoms with Crippen LogP contribution in [0.5, 0.6) is 0 Å². The predicted molar refractivity (Wildman–Crippen MR) is 46.2 cm³/mol. The van der Waals surface area contributed by atoms with Crippen LogP contribution in [0.3, 0.4) is 0 Å². The lowest BCUT2D eigenvalue weighted by molar-refractivity contribution is -0.385. The van der Waals surface area contributed by atoms with Crippen LogP contribution in [0.15, 0.2) is 18.2 Å². The summed E-state index contributed by atoms with van der Waals surface area (Å²) in [5.74, 6) is -0.709. The van der Waals surface area contributed by atoms with E-state index in [-0.39, 0.29) is 11.3 Å². The van der Waals surface area contributed by atoms with Crippen molar-refractivity contribution in [3.05, 3.63) is 39.7 Å². The summed E-state index contributed by atoms with van der Waals surface area (Å²) >= 11 is 0. The number of non-ortho nitro benzene ring substituents is 1. The van der Waals surface area contributed by atoms with Crippen molar-refractivity contribution in [3.8, 4) is 0 Å². The summed E-state index contributed by atoms with van der Waals surface area (Å²) in [4.78, 5) is 9.64. The van der Waals surface area contributed by atoms with Crippen LogP contribution in [-0.4, -0.2) is 10.0 Å². The van der Waals surface area contributed by atoms with Gasteiger partial charge in [0, 0.05) is 11.6 Å². The Morgan fingerprint density at radius 1 is 1.50 bits per heavy atom. The van der Waals surface area contributed by atoms with Crippen LogP contribution in [0.25, 0.3) is 0 Å². The van der Waals surface area contributed by atoms with Gasteiger partial charge in [-0.3, -0.25) is 10.1 Å². The summed E-state index contributed by atoms with van der Waals surface area (Å²) in [6.45, 7) is 0. The van der Waals surface area contributed by atoms with Gasteiger partial charge < -0.3 is 5.11 Å². The number of nitro groups is 1. The van der Waals surface area contributed by atoms with Gasteiger partial charge in [-0.05, 0) is 18.9 Å². The van der Waals surface area contributed by atoms with Crippen molar-refractivity contribution >= 4 is 5.69 Å². The van der Waals surface area contributed by atoms with Crippen LogP contribution in [0, 0.1) is 15.9 Å². The molecule has 1 aromatic carbocycles. The van der Waals surface area contributed by atoms with Crippen LogP contribution < -0.4 is 0 Å². The Labute approximate surface area is 79.1 Å². The largest absolute Gasteiger partial charge is 0.385 e. The molecule has 4 nitrogen and oxygen atoms in total. The van der Waals surface area contributed by atoms with E-state index in [1.165, 1.54) is 12.1 Å². The Morgan fingerprint density at radius 2 is 2.14 bits per heavy atom. The third kappa shape index (κ3) is 1.35. The predicted octanol–water partition coefficient (Wildman–Crippen LogP) is 1.72. The second-order valence-electron chi connectivity index (χ2n) is 3.45. The molecular weight excluding hydrogens is 189 g/mol. The van der Waals surface area contributed by atoms with Crippen molar-refractivity contribution in [2.75, 3.05) is 0 Å². The topological polar surface area (TPSA) is 63.4 Å². The molecule has 0 unspecified atom stereocenters. The van der Waals surface area contributed by atoms with Crippen LogP contribution in [0.4, 0.5) is 10.1 Å². The molecule has 0 bridgehead atoms. The monoisotopic (exact) mass is 197 g/mol. The van der Waals surface area contributed by atoms with Crippen molar-refractivity contribution in [2.24, 2.45) is 0 Å². The van der Waals surface area contributed by atoms with Crippen molar-refractivity contribution in [1.29, 1.82) is 0 Å². The highest BCUT2D eigenvalue weighted by Gasteiger charge is 2.44. The number of halogens is 1. The number of aliphatic hydroxyl groups is 1. The standard InChI is InChI=1S/C9H8FNO3/c10-8-5-6(11(13)14)1-2-7(8)9(12)3-4-9/h1-2,5,12H,3-4H2. The van der Waals surface area contributed by atoms with E-state index < -0.39 is 16.3 Å². The molecule has 0 atom stereocenters. The SMILES string of the molecule is O=[N+]([O-])c1ccc(C2(O)CC2)c(F)c1. The van der Waals surface area contributed by atoms with Gasteiger partial charge in [0.1, 0.15) is 5.82 Å². The van der Waals surface area contributed by atoms with E-state index in [4.69, 9.17) is 0 Å². The highest BCUT2D eigenvalue weighted by Crippen LogP contribution is 2.46. The first kappa shape index (κ1) is 9.08. The lowest BCUT2D eigenvalue weighted by Crippen LogP contribution is -2.07. The number of benzene rings is 1. The van der Waals surface area contributed by atoms with Gasteiger partial charge in [0.05, 0.1) is 16.6 Å². The molecule has 1 fully saturated rings. The summed E-state index contributed by atoms with van der Waals surface area (Å²) in [5, 5.41) is 19.9. The number of nitrogens with zero attached hydrogens (tertiary/aromatic N) is 1. The highest BCUT2D eigenvalue weighted by molar-refractivity contribution is 5.38. The third-order valence-corrected chi connectivity index (χ3v) is 2.39. The third-order valence-electron chi connectivity index (χ3n) is 2.39. The number of rotatable bonds is 2. The van der Waals surface area contributed by atoms with Gasteiger partial charge in [0.15, 0.2) is 0 Å². The zero-order chi connectivity index (χ0) is 10.3. The highest BCUT2D eigenvalue weighted by atomic mass is 19.1. The fraction of sp³-hybridized carbons (Fsp3) is 0.333. The second-order valence-corrected chi connectivity index (χ2v) is 3.45. The molecule has 1 saturated carbocycles. The first-order valence-corrected chi connectivity index (χ1v) is 4.20. The normalized spacial score (nSPS) is 17.9. The van der Waals surface area contributed by atoms with Crippen LogP contribution in [-0.2, 0) is 5.60 Å². The maximum Gasteiger partial charge on any atom is 0.272 e. The average Bonchev–Trinajstić information content (AvgIpc) is 2.84. The maximum atomic E-state index is 13.3. The molecule has 0 amide bonds. The van der Waals surface area contributed by atoms with Crippen molar-refractivity contribution in [3.63, 3.8) is 0 Å². The Hall–Kier alpha value is -1.49. The van der Waals surface area contributed by atoms with Gasteiger partial charge in [-0.25, -0.2) is 4.39 Å². The van der Waals surface area contributed by atoms with Crippen molar-refractivity contribution in [1.82, 2.24) is 0 Å². The molecular formula is C9H8FNO3. The van der Waals surface area contributed by atoms with E-state index in [9.17, 15) is 19.6 Å². The number of hydrogen-bond acceptors (Lipinski definition) is 3. The minimum Gasteiger partial charge on any atom is -0.385 e. The van der Waals surface area contributed by atoms with E-state index in [0.717, 1.165) is 6.07 Å². The van der Waals surface area contributed by atoms with Gasteiger partial charge >= 0.3 is 0 Å². The summed E-state index contributed by atoms with van der Waals surface area (Å²) in [6, 6.07) is 3.32. The van der Waals surface area contributed by atoms with E-state index in [2.05, 4.69) is 0 Å². The summed E-state index contributed by atoms with van der Waals surface area (Å²) < 4.78 is 13.3. The quantitative estimate of drug-likeness (QED) is 0.579. The van der Waals surface area contributed by atoms with Crippen LogP contribution in [0.1, 0.15) is 18.4 Å².